The van der Waals surface area contributed by atoms with E-state index in [0.717, 1.165) is 16.7 Å². The molecule has 1 aromatic heterocycles. The Kier molecular flexibility index (Phi) is 8.89. The molecule has 0 unspecified atom stereocenters. The standard InChI is InChI=1S/C33H30BrFN2O4S/c1-5-40-32(39)29-20(4)36-33-37(30(29)23-13-11-22(12-14-23)19(2)3)31(38)28(42-33)17-21-10-15-27(25(34)16-21)41-18-24-8-6-7-9-26(24)35/h6-17,19,30H,5,18H2,1-4H3/b28-17+/t30-/m1/s1. The van der Waals surface area contributed by atoms with Crippen molar-refractivity contribution in [2.24, 2.45) is 4.99 Å². The monoisotopic (exact) mass is 648 g/mol. The lowest BCUT2D eigenvalue weighted by atomic mass is 9.93. The number of thiazole rings is 1. The number of nitrogens with zero attached hydrogens (tertiary/aromatic N) is 2. The lowest BCUT2D eigenvalue weighted by Crippen LogP contribution is -2.39. The minimum absolute atomic E-state index is 0.0868. The van der Waals surface area contributed by atoms with E-state index >= 15 is 0 Å². The third-order valence-corrected chi connectivity index (χ3v) is 8.63. The van der Waals surface area contributed by atoms with Crippen LogP contribution in [-0.4, -0.2) is 17.1 Å². The van der Waals surface area contributed by atoms with Crippen molar-refractivity contribution in [3.63, 3.8) is 0 Å². The zero-order valence-corrected chi connectivity index (χ0v) is 26.1. The summed E-state index contributed by atoms with van der Waals surface area (Å²) >= 11 is 4.80. The first-order valence-corrected chi connectivity index (χ1v) is 15.2. The highest BCUT2D eigenvalue weighted by molar-refractivity contribution is 9.10. The Morgan fingerprint density at radius 1 is 1.14 bits per heavy atom. The van der Waals surface area contributed by atoms with Gasteiger partial charge in [0.2, 0.25) is 0 Å². The Morgan fingerprint density at radius 3 is 2.55 bits per heavy atom. The van der Waals surface area contributed by atoms with Crippen LogP contribution in [0.1, 0.15) is 61.9 Å². The molecule has 5 rings (SSSR count). The summed E-state index contributed by atoms with van der Waals surface area (Å²) in [6, 6.07) is 19.2. The zero-order valence-electron chi connectivity index (χ0n) is 23.7. The molecule has 0 saturated heterocycles. The van der Waals surface area contributed by atoms with Gasteiger partial charge in [0, 0.05) is 5.56 Å². The third-order valence-electron chi connectivity index (χ3n) is 7.03. The van der Waals surface area contributed by atoms with Crippen LogP contribution >= 0.6 is 27.3 Å². The molecule has 6 nitrogen and oxygen atoms in total. The molecule has 216 valence electrons. The summed E-state index contributed by atoms with van der Waals surface area (Å²) in [6.07, 6.45) is 1.79. The van der Waals surface area contributed by atoms with Crippen LogP contribution in [0.3, 0.4) is 0 Å². The number of esters is 1. The highest BCUT2D eigenvalue weighted by atomic mass is 79.9. The van der Waals surface area contributed by atoms with E-state index in [4.69, 9.17) is 9.47 Å². The summed E-state index contributed by atoms with van der Waals surface area (Å²) in [5, 5.41) is 0. The fourth-order valence-electron chi connectivity index (χ4n) is 4.82. The summed E-state index contributed by atoms with van der Waals surface area (Å²) in [6.45, 7) is 8.07. The number of benzene rings is 3. The van der Waals surface area contributed by atoms with E-state index in [1.54, 1.807) is 48.8 Å². The predicted octanol–water partition coefficient (Wildman–Crippen LogP) is 6.40. The summed E-state index contributed by atoms with van der Waals surface area (Å²) in [5.41, 5.74) is 3.83. The van der Waals surface area contributed by atoms with Crippen LogP contribution in [-0.2, 0) is 16.1 Å². The predicted molar refractivity (Wildman–Crippen MR) is 166 cm³/mol. The normalized spacial score (nSPS) is 15.0. The van der Waals surface area contributed by atoms with Crippen molar-refractivity contribution in [1.82, 2.24) is 4.57 Å². The number of halogens is 2. The third kappa shape index (κ3) is 6.03. The summed E-state index contributed by atoms with van der Waals surface area (Å²) < 4.78 is 27.9. The van der Waals surface area contributed by atoms with Crippen molar-refractivity contribution in [2.45, 2.75) is 46.3 Å². The Bertz CT molecular complexity index is 1860. The topological polar surface area (TPSA) is 69.9 Å². The Hall–Kier alpha value is -3.82. The quantitative estimate of drug-likeness (QED) is 0.207. The first-order valence-electron chi connectivity index (χ1n) is 13.6. The second kappa shape index (κ2) is 12.6. The maximum absolute atomic E-state index is 14.0. The number of allylic oxidation sites excluding steroid dienone is 1. The van der Waals surface area contributed by atoms with Crippen LogP contribution in [0.4, 0.5) is 4.39 Å². The van der Waals surface area contributed by atoms with Gasteiger partial charge >= 0.3 is 5.97 Å². The molecule has 1 atom stereocenters. The van der Waals surface area contributed by atoms with Crippen molar-refractivity contribution in [3.8, 4) is 5.75 Å². The molecule has 4 aromatic rings. The van der Waals surface area contributed by atoms with E-state index in [-0.39, 0.29) is 24.6 Å². The number of ether oxygens (including phenoxy) is 2. The second-order valence-corrected chi connectivity index (χ2v) is 12.1. The maximum atomic E-state index is 14.0. The van der Waals surface area contributed by atoms with Crippen LogP contribution in [0.25, 0.3) is 6.08 Å². The number of hydrogen-bond acceptors (Lipinski definition) is 6. The van der Waals surface area contributed by atoms with Gasteiger partial charge in [0.1, 0.15) is 18.2 Å². The number of carbonyl (C=O) groups is 1. The van der Waals surface area contributed by atoms with Gasteiger partial charge in [-0.15, -0.1) is 0 Å². The highest BCUT2D eigenvalue weighted by Gasteiger charge is 2.33. The summed E-state index contributed by atoms with van der Waals surface area (Å²) in [4.78, 5) is 32.2. The lowest BCUT2D eigenvalue weighted by molar-refractivity contribution is -0.139. The molecule has 0 fully saturated rings. The molecule has 9 heteroatoms. The Morgan fingerprint density at radius 2 is 1.88 bits per heavy atom. The number of hydrogen-bond donors (Lipinski definition) is 0. The molecule has 42 heavy (non-hydrogen) atoms. The van der Waals surface area contributed by atoms with Gasteiger partial charge in [0.05, 0.1) is 32.9 Å². The minimum atomic E-state index is -0.662. The van der Waals surface area contributed by atoms with Crippen LogP contribution in [0.2, 0.25) is 0 Å². The van der Waals surface area contributed by atoms with E-state index in [1.807, 2.05) is 36.4 Å². The van der Waals surface area contributed by atoms with E-state index < -0.39 is 12.0 Å². The SMILES string of the molecule is CCOC(=O)C1=C(C)N=c2s/c(=C/c3ccc(OCc4ccccc4F)c(Br)c3)c(=O)n2[C@@H]1c1ccc(C(C)C)cc1. The highest BCUT2D eigenvalue weighted by Crippen LogP contribution is 2.32. The molecule has 1 aliphatic heterocycles. The average Bonchev–Trinajstić information content (AvgIpc) is 3.26. The van der Waals surface area contributed by atoms with Gasteiger partial charge in [0.15, 0.2) is 4.80 Å². The molecule has 0 amide bonds. The van der Waals surface area contributed by atoms with Crippen molar-refractivity contribution < 1.29 is 18.7 Å². The molecular formula is C33H30BrFN2O4S. The molecule has 1 aliphatic rings. The van der Waals surface area contributed by atoms with Gasteiger partial charge in [-0.3, -0.25) is 9.36 Å². The molecule has 0 radical (unpaired) electrons. The smallest absolute Gasteiger partial charge is 0.338 e. The lowest BCUT2D eigenvalue weighted by Gasteiger charge is -2.25. The molecule has 3 aromatic carbocycles. The summed E-state index contributed by atoms with van der Waals surface area (Å²) in [7, 11) is 0. The van der Waals surface area contributed by atoms with Crippen molar-refractivity contribution in [1.29, 1.82) is 0 Å². The minimum Gasteiger partial charge on any atom is -0.488 e. The second-order valence-electron chi connectivity index (χ2n) is 10.2. The van der Waals surface area contributed by atoms with Crippen LogP contribution in [0.5, 0.6) is 5.75 Å². The van der Waals surface area contributed by atoms with Crippen molar-refractivity contribution >= 4 is 39.3 Å². The molecule has 0 bridgehead atoms. The number of carbonyl (C=O) groups excluding carboxylic acids is 1. The van der Waals surface area contributed by atoms with Gasteiger partial charge in [-0.25, -0.2) is 14.2 Å². The van der Waals surface area contributed by atoms with Gasteiger partial charge in [-0.05, 0) is 76.7 Å². The first kappa shape index (κ1) is 29.7. The average molecular weight is 650 g/mol. The largest absolute Gasteiger partial charge is 0.488 e. The fourth-order valence-corrected chi connectivity index (χ4v) is 6.37. The van der Waals surface area contributed by atoms with Crippen LogP contribution in [0.15, 0.2) is 92.3 Å². The van der Waals surface area contributed by atoms with E-state index in [2.05, 4.69) is 34.8 Å². The first-order chi connectivity index (χ1) is 20.2. The Balaban J connectivity index is 1.53. The van der Waals surface area contributed by atoms with Gasteiger partial charge in [-0.1, -0.05) is 73.7 Å². The summed E-state index contributed by atoms with van der Waals surface area (Å²) in [5.74, 6) is 0.0897. The zero-order chi connectivity index (χ0) is 30.0. The van der Waals surface area contributed by atoms with E-state index in [9.17, 15) is 14.0 Å². The molecule has 0 saturated carbocycles. The molecule has 0 N–H and O–H groups in total. The van der Waals surface area contributed by atoms with Crippen molar-refractivity contribution in [2.75, 3.05) is 6.61 Å². The van der Waals surface area contributed by atoms with Crippen molar-refractivity contribution in [3.05, 3.63) is 130 Å². The van der Waals surface area contributed by atoms with Gasteiger partial charge in [0.25, 0.3) is 5.56 Å². The maximum Gasteiger partial charge on any atom is 0.338 e. The van der Waals surface area contributed by atoms with Crippen LogP contribution in [0, 0.1) is 5.82 Å². The molecule has 2 heterocycles. The number of fused-ring (bicyclic) bond motifs is 1. The molecular weight excluding hydrogens is 619 g/mol. The van der Waals surface area contributed by atoms with E-state index in [1.165, 1.54) is 17.4 Å². The van der Waals surface area contributed by atoms with Crippen LogP contribution < -0.4 is 19.6 Å². The number of rotatable bonds is 8. The number of aromatic nitrogens is 1. The molecule has 0 aliphatic carbocycles. The fraction of sp³-hybridized carbons (Fsp3) is 0.242. The van der Waals surface area contributed by atoms with E-state index in [0.29, 0.717) is 42.3 Å². The Labute approximate surface area is 255 Å². The van der Waals surface area contributed by atoms with Gasteiger partial charge in [-0.2, -0.15) is 0 Å². The molecule has 0 spiro atoms. The van der Waals surface area contributed by atoms with Gasteiger partial charge < -0.3 is 9.47 Å².